The van der Waals surface area contributed by atoms with Crippen molar-refractivity contribution >= 4 is 21.6 Å². The third kappa shape index (κ3) is 4.60. The number of benzene rings is 2. The first kappa shape index (κ1) is 25.0. The van der Waals surface area contributed by atoms with Crippen LogP contribution in [0.2, 0.25) is 0 Å². The fourth-order valence-corrected chi connectivity index (χ4v) is 6.01. The molecule has 1 aliphatic heterocycles. The van der Waals surface area contributed by atoms with Gasteiger partial charge in [-0.3, -0.25) is 0 Å². The highest BCUT2D eigenvalue weighted by molar-refractivity contribution is 7.89. The van der Waals surface area contributed by atoms with Gasteiger partial charge in [-0.15, -0.1) is 0 Å². The van der Waals surface area contributed by atoms with Crippen molar-refractivity contribution in [1.82, 2.24) is 23.9 Å². The molecule has 1 saturated heterocycles. The first-order valence-corrected chi connectivity index (χ1v) is 13.5. The van der Waals surface area contributed by atoms with E-state index >= 15 is 0 Å². The van der Waals surface area contributed by atoms with Crippen LogP contribution in [-0.4, -0.2) is 72.7 Å². The van der Waals surface area contributed by atoms with Crippen LogP contribution in [0.25, 0.3) is 16.9 Å². The lowest BCUT2D eigenvalue weighted by atomic mass is 10.0. The molecule has 2 aromatic heterocycles. The molecule has 5 rings (SSSR count). The van der Waals surface area contributed by atoms with Gasteiger partial charge in [0, 0.05) is 37.9 Å². The monoisotopic (exact) mass is 522 g/mol. The largest absolute Gasteiger partial charge is 0.493 e. The van der Waals surface area contributed by atoms with Gasteiger partial charge in [0.2, 0.25) is 10.0 Å². The highest BCUT2D eigenvalue weighted by atomic mass is 32.2. The third-order valence-corrected chi connectivity index (χ3v) is 8.61. The zero-order valence-electron chi connectivity index (χ0n) is 21.3. The molecule has 11 heteroatoms. The quantitative estimate of drug-likeness (QED) is 0.364. The SMILES string of the molecule is COc1ccc(-c2cnc3ncnn3c2N2CCN(S(=O)(=O)c3ccc(C(C)C)cc3)CC2)cc1OC. The zero-order valence-corrected chi connectivity index (χ0v) is 22.1. The maximum Gasteiger partial charge on any atom is 0.254 e. The van der Waals surface area contributed by atoms with Crippen LogP contribution in [-0.2, 0) is 10.0 Å². The Bertz CT molecular complexity index is 1510. The van der Waals surface area contributed by atoms with E-state index in [1.54, 1.807) is 41.4 Å². The van der Waals surface area contributed by atoms with Crippen LogP contribution >= 0.6 is 0 Å². The predicted octanol–water partition coefficient (Wildman–Crippen LogP) is 3.44. The summed E-state index contributed by atoms with van der Waals surface area (Å²) in [7, 11) is -0.402. The molecule has 0 aliphatic carbocycles. The minimum absolute atomic E-state index is 0.318. The van der Waals surface area contributed by atoms with E-state index < -0.39 is 10.0 Å². The molecular weight excluding hydrogens is 492 g/mol. The summed E-state index contributed by atoms with van der Waals surface area (Å²) in [5, 5.41) is 4.41. The minimum atomic E-state index is -3.59. The molecule has 37 heavy (non-hydrogen) atoms. The summed E-state index contributed by atoms with van der Waals surface area (Å²) < 4.78 is 40.8. The maximum absolute atomic E-state index is 13.3. The van der Waals surface area contributed by atoms with Crippen LogP contribution in [0, 0.1) is 0 Å². The molecule has 10 nitrogen and oxygen atoms in total. The number of anilines is 1. The molecule has 0 bridgehead atoms. The Kier molecular flexibility index (Phi) is 6.74. The Labute approximate surface area is 216 Å². The average molecular weight is 523 g/mol. The fraction of sp³-hybridized carbons (Fsp3) is 0.346. The molecule has 0 unspecified atom stereocenters. The molecule has 0 N–H and O–H groups in total. The number of nitrogens with zero attached hydrogens (tertiary/aromatic N) is 6. The number of sulfonamides is 1. The zero-order chi connectivity index (χ0) is 26.2. The summed E-state index contributed by atoms with van der Waals surface area (Å²) in [5.74, 6) is 2.84. The molecule has 1 aliphatic rings. The predicted molar refractivity (Wildman–Crippen MR) is 141 cm³/mol. The summed E-state index contributed by atoms with van der Waals surface area (Å²) in [6.45, 7) is 5.84. The van der Waals surface area contributed by atoms with Gasteiger partial charge >= 0.3 is 0 Å². The number of hydrogen-bond acceptors (Lipinski definition) is 8. The Morgan fingerprint density at radius 1 is 0.892 bits per heavy atom. The highest BCUT2D eigenvalue weighted by Gasteiger charge is 2.31. The summed E-state index contributed by atoms with van der Waals surface area (Å²) in [4.78, 5) is 11.2. The minimum Gasteiger partial charge on any atom is -0.493 e. The second-order valence-electron chi connectivity index (χ2n) is 9.15. The lowest BCUT2D eigenvalue weighted by Gasteiger charge is -2.36. The van der Waals surface area contributed by atoms with Crippen LogP contribution in [0.3, 0.4) is 0 Å². The van der Waals surface area contributed by atoms with E-state index in [9.17, 15) is 8.42 Å². The molecular formula is C26H30N6O4S. The van der Waals surface area contributed by atoms with Gasteiger partial charge in [0.25, 0.3) is 5.78 Å². The van der Waals surface area contributed by atoms with Crippen molar-refractivity contribution in [3.05, 3.63) is 60.6 Å². The number of ether oxygens (including phenoxy) is 2. The molecule has 4 aromatic rings. The van der Waals surface area contributed by atoms with Gasteiger partial charge < -0.3 is 14.4 Å². The topological polar surface area (TPSA) is 102 Å². The first-order valence-electron chi connectivity index (χ1n) is 12.1. The van der Waals surface area contributed by atoms with Crippen molar-refractivity contribution in [2.24, 2.45) is 0 Å². The van der Waals surface area contributed by atoms with Gasteiger partial charge in [0.15, 0.2) is 11.5 Å². The number of piperazine rings is 1. The molecule has 0 radical (unpaired) electrons. The van der Waals surface area contributed by atoms with Gasteiger partial charge in [0.1, 0.15) is 12.1 Å². The number of aromatic nitrogens is 4. The van der Waals surface area contributed by atoms with E-state index in [1.807, 2.05) is 30.3 Å². The molecule has 3 heterocycles. The Balaban J connectivity index is 1.45. The van der Waals surface area contributed by atoms with Crippen LogP contribution in [0.5, 0.6) is 11.5 Å². The van der Waals surface area contributed by atoms with Crippen molar-refractivity contribution in [3.63, 3.8) is 0 Å². The van der Waals surface area contributed by atoms with Crippen molar-refractivity contribution in [2.45, 2.75) is 24.7 Å². The summed E-state index contributed by atoms with van der Waals surface area (Å²) in [5.41, 5.74) is 2.82. The van der Waals surface area contributed by atoms with Crippen molar-refractivity contribution < 1.29 is 17.9 Å². The molecule has 0 saturated carbocycles. The van der Waals surface area contributed by atoms with Gasteiger partial charge in [-0.05, 0) is 41.3 Å². The smallest absolute Gasteiger partial charge is 0.254 e. The van der Waals surface area contributed by atoms with Crippen LogP contribution in [0.15, 0.2) is 59.9 Å². The van der Waals surface area contributed by atoms with Crippen LogP contribution in [0.4, 0.5) is 5.82 Å². The molecule has 2 aromatic carbocycles. The highest BCUT2D eigenvalue weighted by Crippen LogP contribution is 2.37. The normalized spacial score (nSPS) is 14.9. The van der Waals surface area contributed by atoms with Gasteiger partial charge in [-0.2, -0.15) is 18.9 Å². The number of methoxy groups -OCH3 is 2. The Hall–Kier alpha value is -3.70. The maximum atomic E-state index is 13.3. The Morgan fingerprint density at radius 2 is 1.59 bits per heavy atom. The van der Waals surface area contributed by atoms with E-state index in [-0.39, 0.29) is 0 Å². The molecule has 0 amide bonds. The summed E-state index contributed by atoms with van der Waals surface area (Å²) >= 11 is 0. The molecule has 194 valence electrons. The molecule has 0 atom stereocenters. The number of rotatable bonds is 7. The second-order valence-corrected chi connectivity index (χ2v) is 11.1. The van der Waals surface area contributed by atoms with E-state index in [4.69, 9.17) is 9.47 Å². The van der Waals surface area contributed by atoms with Gasteiger partial charge in [-0.1, -0.05) is 32.0 Å². The average Bonchev–Trinajstić information content (AvgIpc) is 3.41. The molecule has 1 fully saturated rings. The van der Waals surface area contributed by atoms with Crippen molar-refractivity contribution in [3.8, 4) is 22.6 Å². The first-order chi connectivity index (χ1) is 17.8. The van der Waals surface area contributed by atoms with E-state index in [0.29, 0.717) is 54.3 Å². The summed E-state index contributed by atoms with van der Waals surface area (Å²) in [6.07, 6.45) is 3.23. The lowest BCUT2D eigenvalue weighted by molar-refractivity contribution is 0.355. The van der Waals surface area contributed by atoms with Gasteiger partial charge in [0.05, 0.1) is 19.1 Å². The van der Waals surface area contributed by atoms with Crippen LogP contribution in [0.1, 0.15) is 25.3 Å². The second kappa shape index (κ2) is 9.98. The standard InChI is InChI=1S/C26H30N6O4S/c1-18(2)19-5-8-21(9-6-19)37(33,34)31-13-11-30(12-14-31)25-22(16-27-26-28-17-29-32(25)26)20-7-10-23(35-3)24(15-20)36-4/h5-10,15-18H,11-14H2,1-4H3. The Morgan fingerprint density at radius 3 is 2.24 bits per heavy atom. The fourth-order valence-electron chi connectivity index (χ4n) is 4.59. The van der Waals surface area contributed by atoms with Crippen LogP contribution < -0.4 is 14.4 Å². The number of hydrogen-bond donors (Lipinski definition) is 0. The molecule has 0 spiro atoms. The van der Waals surface area contributed by atoms with Crippen molar-refractivity contribution in [2.75, 3.05) is 45.3 Å². The van der Waals surface area contributed by atoms with E-state index in [0.717, 1.165) is 22.5 Å². The number of fused-ring (bicyclic) bond motifs is 1. The summed E-state index contributed by atoms with van der Waals surface area (Å²) in [6, 6.07) is 12.9. The van der Waals surface area contributed by atoms with Crippen molar-refractivity contribution in [1.29, 1.82) is 0 Å². The van der Waals surface area contributed by atoms with Gasteiger partial charge in [-0.25, -0.2) is 13.4 Å². The lowest BCUT2D eigenvalue weighted by Crippen LogP contribution is -2.49. The third-order valence-electron chi connectivity index (χ3n) is 6.70. The van der Waals surface area contributed by atoms with E-state index in [1.165, 1.54) is 6.33 Å². The van der Waals surface area contributed by atoms with E-state index in [2.05, 4.69) is 33.8 Å².